The molecule has 0 unspecified atom stereocenters. The molecule has 7 nitrogen and oxygen atoms in total. The van der Waals surface area contributed by atoms with Crippen molar-refractivity contribution in [2.45, 2.75) is 19.0 Å². The van der Waals surface area contributed by atoms with Crippen LogP contribution >= 0.6 is 0 Å². The van der Waals surface area contributed by atoms with E-state index in [9.17, 15) is 18.0 Å². The van der Waals surface area contributed by atoms with Crippen LogP contribution in [0.5, 0.6) is 0 Å². The molecule has 0 atom stereocenters. The van der Waals surface area contributed by atoms with Gasteiger partial charge in [-0.1, -0.05) is 0 Å². The van der Waals surface area contributed by atoms with Gasteiger partial charge in [-0.2, -0.15) is 13.2 Å². The summed E-state index contributed by atoms with van der Waals surface area (Å²) in [6, 6.07) is 6.34. The Labute approximate surface area is 170 Å². The van der Waals surface area contributed by atoms with E-state index in [1.807, 2.05) is 6.07 Å². The maximum Gasteiger partial charge on any atom is 0.416 e. The number of hydrogen-bond acceptors (Lipinski definition) is 5. The Balaban J connectivity index is 1.34. The van der Waals surface area contributed by atoms with Gasteiger partial charge in [0, 0.05) is 43.2 Å². The van der Waals surface area contributed by atoms with Crippen LogP contribution in [0.15, 0.2) is 55.4 Å². The van der Waals surface area contributed by atoms with E-state index >= 15 is 0 Å². The molecule has 30 heavy (non-hydrogen) atoms. The molecule has 1 N–H and O–H groups in total. The normalized spacial score (nSPS) is 15.2. The van der Waals surface area contributed by atoms with Crippen LogP contribution in [0.4, 0.5) is 24.7 Å². The highest BCUT2D eigenvalue weighted by atomic mass is 19.4. The van der Waals surface area contributed by atoms with E-state index in [4.69, 9.17) is 0 Å². The molecule has 1 aliphatic heterocycles. The number of imidazole rings is 1. The first kappa shape index (κ1) is 19.9. The van der Waals surface area contributed by atoms with Crippen molar-refractivity contribution >= 4 is 17.4 Å². The molecule has 1 aromatic carbocycles. The summed E-state index contributed by atoms with van der Waals surface area (Å²) < 4.78 is 39.7. The van der Waals surface area contributed by atoms with Gasteiger partial charge in [-0.15, -0.1) is 0 Å². The number of piperidine rings is 1. The molecule has 2 aromatic heterocycles. The summed E-state index contributed by atoms with van der Waals surface area (Å²) in [5, 5.41) is 2.71. The van der Waals surface area contributed by atoms with Crippen molar-refractivity contribution in [2.24, 2.45) is 5.92 Å². The molecule has 0 radical (unpaired) electrons. The smallest absolute Gasteiger partial charge is 0.356 e. The highest BCUT2D eigenvalue weighted by Crippen LogP contribution is 2.30. The van der Waals surface area contributed by atoms with E-state index in [1.54, 1.807) is 23.3 Å². The molecular weight excluding hydrogens is 397 g/mol. The van der Waals surface area contributed by atoms with Gasteiger partial charge in [-0.25, -0.2) is 15.0 Å². The molecule has 0 bridgehead atoms. The SMILES string of the molecule is O=C(Nc1ccc(C(F)(F)F)cc1)C1CCN(c2cc(-n3ccnc3)ncn2)CC1. The minimum Gasteiger partial charge on any atom is -0.356 e. The summed E-state index contributed by atoms with van der Waals surface area (Å²) in [4.78, 5) is 27.2. The van der Waals surface area contributed by atoms with Gasteiger partial charge >= 0.3 is 6.18 Å². The van der Waals surface area contributed by atoms with Crippen LogP contribution in [0.1, 0.15) is 18.4 Å². The first-order valence-electron chi connectivity index (χ1n) is 9.43. The largest absolute Gasteiger partial charge is 0.416 e. The Morgan fingerprint density at radius 2 is 1.77 bits per heavy atom. The topological polar surface area (TPSA) is 75.9 Å². The van der Waals surface area contributed by atoms with E-state index in [1.165, 1.54) is 18.5 Å². The summed E-state index contributed by atoms with van der Waals surface area (Å²) in [6.07, 6.45) is 3.46. The van der Waals surface area contributed by atoms with Gasteiger partial charge in [0.2, 0.25) is 5.91 Å². The number of hydrogen-bond donors (Lipinski definition) is 1. The first-order valence-corrected chi connectivity index (χ1v) is 9.43. The number of nitrogens with zero attached hydrogens (tertiary/aromatic N) is 5. The number of carbonyl (C=O) groups is 1. The lowest BCUT2D eigenvalue weighted by molar-refractivity contribution is -0.137. The second-order valence-electron chi connectivity index (χ2n) is 7.03. The molecule has 10 heteroatoms. The quantitative estimate of drug-likeness (QED) is 0.704. The van der Waals surface area contributed by atoms with Gasteiger partial charge in [-0.05, 0) is 37.1 Å². The van der Waals surface area contributed by atoms with Crippen molar-refractivity contribution in [1.29, 1.82) is 0 Å². The van der Waals surface area contributed by atoms with Crippen LogP contribution < -0.4 is 10.2 Å². The zero-order chi connectivity index (χ0) is 21.1. The molecule has 3 heterocycles. The summed E-state index contributed by atoms with van der Waals surface area (Å²) in [5.74, 6) is 1.09. The number of nitrogens with one attached hydrogen (secondary N) is 1. The predicted molar refractivity (Wildman–Crippen MR) is 104 cm³/mol. The van der Waals surface area contributed by atoms with Gasteiger partial charge in [0.25, 0.3) is 0 Å². The second kappa shape index (κ2) is 8.13. The molecule has 0 spiro atoms. The standard InChI is InChI=1S/C20H19F3N6O/c21-20(22,23)15-1-3-16(4-2-15)27-19(30)14-5-8-28(9-6-14)17-11-18(26-12-25-17)29-10-7-24-13-29/h1-4,7,10-14H,5-6,8-9H2,(H,27,30). The fourth-order valence-corrected chi connectivity index (χ4v) is 3.40. The van der Waals surface area contributed by atoms with Crippen molar-refractivity contribution in [3.8, 4) is 5.82 Å². The lowest BCUT2D eigenvalue weighted by atomic mass is 9.95. The Kier molecular flexibility index (Phi) is 5.39. The highest BCUT2D eigenvalue weighted by molar-refractivity contribution is 5.92. The number of benzene rings is 1. The lowest BCUT2D eigenvalue weighted by Gasteiger charge is -2.32. The minimum absolute atomic E-state index is 0.184. The van der Waals surface area contributed by atoms with Gasteiger partial charge in [0.1, 0.15) is 24.3 Å². The summed E-state index contributed by atoms with van der Waals surface area (Å²) in [6.45, 7) is 1.29. The number of rotatable bonds is 4. The Morgan fingerprint density at radius 1 is 1.07 bits per heavy atom. The zero-order valence-corrected chi connectivity index (χ0v) is 15.9. The molecule has 4 rings (SSSR count). The average Bonchev–Trinajstić information content (AvgIpc) is 3.29. The monoisotopic (exact) mass is 416 g/mol. The van der Waals surface area contributed by atoms with Crippen LogP contribution in [0.25, 0.3) is 5.82 Å². The molecule has 0 saturated carbocycles. The Hall–Kier alpha value is -3.43. The van der Waals surface area contributed by atoms with Crippen LogP contribution in [0.3, 0.4) is 0 Å². The van der Waals surface area contributed by atoms with Crippen molar-refractivity contribution in [3.05, 3.63) is 60.9 Å². The number of carbonyl (C=O) groups excluding carboxylic acids is 1. The zero-order valence-electron chi connectivity index (χ0n) is 15.9. The molecule has 156 valence electrons. The molecule has 0 aliphatic carbocycles. The van der Waals surface area contributed by atoms with Crippen LogP contribution in [-0.4, -0.2) is 38.5 Å². The molecule has 1 saturated heterocycles. The van der Waals surface area contributed by atoms with Gasteiger partial charge in [0.15, 0.2) is 0 Å². The van der Waals surface area contributed by atoms with Crippen LogP contribution in [0, 0.1) is 5.92 Å². The number of anilines is 2. The van der Waals surface area contributed by atoms with E-state index in [-0.39, 0.29) is 11.8 Å². The molecule has 1 amide bonds. The second-order valence-corrected chi connectivity index (χ2v) is 7.03. The van der Waals surface area contributed by atoms with Crippen molar-refractivity contribution in [3.63, 3.8) is 0 Å². The van der Waals surface area contributed by atoms with E-state index in [0.29, 0.717) is 37.4 Å². The third-order valence-corrected chi connectivity index (χ3v) is 5.08. The van der Waals surface area contributed by atoms with Gasteiger partial charge in [0.05, 0.1) is 5.56 Å². The molecule has 1 aliphatic rings. The number of halogens is 3. The highest BCUT2D eigenvalue weighted by Gasteiger charge is 2.30. The summed E-state index contributed by atoms with van der Waals surface area (Å²) >= 11 is 0. The lowest BCUT2D eigenvalue weighted by Crippen LogP contribution is -2.38. The maximum atomic E-state index is 12.6. The number of aromatic nitrogens is 4. The molecule has 1 fully saturated rings. The Bertz CT molecular complexity index is 996. The fourth-order valence-electron chi connectivity index (χ4n) is 3.40. The van der Waals surface area contributed by atoms with Crippen molar-refractivity contribution in [1.82, 2.24) is 19.5 Å². The molecule has 3 aromatic rings. The number of amides is 1. The number of alkyl halides is 3. The maximum absolute atomic E-state index is 12.6. The van der Waals surface area contributed by atoms with E-state index in [0.717, 1.165) is 18.0 Å². The van der Waals surface area contributed by atoms with E-state index in [2.05, 4.69) is 25.2 Å². The summed E-state index contributed by atoms with van der Waals surface area (Å²) in [5.41, 5.74) is -0.384. The van der Waals surface area contributed by atoms with Gasteiger partial charge in [-0.3, -0.25) is 9.36 Å². The predicted octanol–water partition coefficient (Wildman–Crippen LogP) is 3.54. The Morgan fingerprint density at radius 3 is 2.40 bits per heavy atom. The van der Waals surface area contributed by atoms with Crippen molar-refractivity contribution in [2.75, 3.05) is 23.3 Å². The van der Waals surface area contributed by atoms with Crippen molar-refractivity contribution < 1.29 is 18.0 Å². The van der Waals surface area contributed by atoms with E-state index < -0.39 is 11.7 Å². The third-order valence-electron chi connectivity index (χ3n) is 5.08. The van der Waals surface area contributed by atoms with Crippen LogP contribution in [0.2, 0.25) is 0 Å². The average molecular weight is 416 g/mol. The third kappa shape index (κ3) is 4.42. The molecular formula is C20H19F3N6O. The van der Waals surface area contributed by atoms with Crippen LogP contribution in [-0.2, 0) is 11.0 Å². The minimum atomic E-state index is -4.39. The first-order chi connectivity index (χ1) is 14.4. The summed E-state index contributed by atoms with van der Waals surface area (Å²) in [7, 11) is 0. The van der Waals surface area contributed by atoms with Gasteiger partial charge < -0.3 is 10.2 Å². The fraction of sp³-hybridized carbons (Fsp3) is 0.300.